The number of furan rings is 1. The number of anilines is 1. The molecule has 5 nitrogen and oxygen atoms in total. The zero-order chi connectivity index (χ0) is 20.2. The first-order valence-electron chi connectivity index (χ1n) is 9.70. The van der Waals surface area contributed by atoms with Crippen molar-refractivity contribution in [2.75, 3.05) is 31.6 Å². The summed E-state index contributed by atoms with van der Waals surface area (Å²) in [7, 11) is 0. The van der Waals surface area contributed by atoms with Crippen LogP contribution >= 0.6 is 22.9 Å². The highest BCUT2D eigenvalue weighted by Gasteiger charge is 2.29. The van der Waals surface area contributed by atoms with E-state index >= 15 is 0 Å². The normalized spacial score (nSPS) is 15.9. The molecule has 1 fully saturated rings. The van der Waals surface area contributed by atoms with Gasteiger partial charge in [-0.15, -0.1) is 11.3 Å². The number of rotatable bonds is 6. The summed E-state index contributed by atoms with van der Waals surface area (Å²) >= 11 is 7.93. The molecule has 0 spiro atoms. The zero-order valence-electron chi connectivity index (χ0n) is 16.2. The van der Waals surface area contributed by atoms with Crippen LogP contribution in [0.3, 0.4) is 0 Å². The van der Waals surface area contributed by atoms with Crippen molar-refractivity contribution in [3.63, 3.8) is 0 Å². The zero-order valence-corrected chi connectivity index (χ0v) is 17.8. The van der Waals surface area contributed by atoms with E-state index in [1.54, 1.807) is 23.5 Å². The third-order valence-corrected chi connectivity index (χ3v) is 6.45. The van der Waals surface area contributed by atoms with Crippen molar-refractivity contribution in [2.45, 2.75) is 19.4 Å². The Labute approximate surface area is 179 Å². The third-order valence-electron chi connectivity index (χ3n) is 5.00. The van der Waals surface area contributed by atoms with Crippen molar-refractivity contribution in [1.29, 1.82) is 0 Å². The molecule has 1 saturated heterocycles. The number of thiophene rings is 1. The summed E-state index contributed by atoms with van der Waals surface area (Å²) < 4.78 is 10.8. The molecular formula is C22H23ClN2O3S. The molecule has 0 saturated carbocycles. The molecule has 1 N–H and O–H groups in total. The van der Waals surface area contributed by atoms with Crippen molar-refractivity contribution in [2.24, 2.45) is 0 Å². The largest absolute Gasteiger partial charge is 0.459 e. The summed E-state index contributed by atoms with van der Waals surface area (Å²) in [6.07, 6.45) is 2.41. The van der Waals surface area contributed by atoms with Gasteiger partial charge >= 0.3 is 0 Å². The first-order chi connectivity index (χ1) is 14.2. The molecule has 152 valence electrons. The van der Waals surface area contributed by atoms with Crippen molar-refractivity contribution >= 4 is 33.8 Å². The van der Waals surface area contributed by atoms with Gasteiger partial charge in [0.25, 0.3) is 5.91 Å². The van der Waals surface area contributed by atoms with Gasteiger partial charge in [0.1, 0.15) is 5.00 Å². The Kier molecular flexibility index (Phi) is 6.35. The van der Waals surface area contributed by atoms with Gasteiger partial charge in [-0.1, -0.05) is 30.7 Å². The van der Waals surface area contributed by atoms with E-state index in [1.807, 2.05) is 18.2 Å². The van der Waals surface area contributed by atoms with Gasteiger partial charge in [-0.3, -0.25) is 9.69 Å². The number of benzene rings is 1. The summed E-state index contributed by atoms with van der Waals surface area (Å²) in [6.45, 7) is 5.14. The van der Waals surface area contributed by atoms with Crippen LogP contribution in [0.25, 0.3) is 0 Å². The van der Waals surface area contributed by atoms with Gasteiger partial charge in [0.05, 0.1) is 25.5 Å². The minimum atomic E-state index is -0.243. The summed E-state index contributed by atoms with van der Waals surface area (Å²) in [5.41, 5.74) is 2.18. The number of carbonyl (C=O) groups excluding carboxylic acids is 1. The fourth-order valence-electron chi connectivity index (χ4n) is 3.61. The van der Waals surface area contributed by atoms with Crippen LogP contribution in [0, 0.1) is 0 Å². The highest BCUT2D eigenvalue weighted by atomic mass is 35.5. The molecule has 1 unspecified atom stereocenters. The van der Waals surface area contributed by atoms with Gasteiger partial charge in [0.15, 0.2) is 5.76 Å². The Morgan fingerprint density at radius 3 is 2.76 bits per heavy atom. The van der Waals surface area contributed by atoms with Gasteiger partial charge < -0.3 is 14.5 Å². The van der Waals surface area contributed by atoms with Gasteiger partial charge in [-0.05, 0) is 42.3 Å². The minimum Gasteiger partial charge on any atom is -0.459 e. The molecule has 7 heteroatoms. The van der Waals surface area contributed by atoms with Crippen molar-refractivity contribution in [3.05, 3.63) is 75.5 Å². The Hall–Kier alpha value is -2.12. The van der Waals surface area contributed by atoms with Crippen LogP contribution in [0.4, 0.5) is 5.00 Å². The highest BCUT2D eigenvalue weighted by molar-refractivity contribution is 7.16. The molecule has 1 aliphatic heterocycles. The summed E-state index contributed by atoms with van der Waals surface area (Å²) in [5, 5.41) is 4.62. The third kappa shape index (κ3) is 4.56. The maximum absolute atomic E-state index is 12.7. The first-order valence-corrected chi connectivity index (χ1v) is 10.9. The van der Waals surface area contributed by atoms with Crippen LogP contribution < -0.4 is 5.32 Å². The number of carbonyl (C=O) groups is 1. The second kappa shape index (κ2) is 9.13. The molecule has 0 aliphatic carbocycles. The molecule has 1 aromatic carbocycles. The molecule has 3 heterocycles. The number of nitrogens with one attached hydrogen (secondary N) is 1. The Morgan fingerprint density at radius 2 is 2.07 bits per heavy atom. The van der Waals surface area contributed by atoms with E-state index in [1.165, 1.54) is 11.1 Å². The average Bonchev–Trinajstić information content (AvgIpc) is 3.40. The monoisotopic (exact) mass is 430 g/mol. The highest BCUT2D eigenvalue weighted by Crippen LogP contribution is 2.40. The molecule has 0 bridgehead atoms. The molecular weight excluding hydrogens is 408 g/mol. The number of hydrogen-bond donors (Lipinski definition) is 1. The number of aryl methyl sites for hydroxylation is 1. The molecule has 4 rings (SSSR count). The van der Waals surface area contributed by atoms with Crippen LogP contribution in [-0.4, -0.2) is 37.1 Å². The SMILES string of the molecule is CCc1cc(C(c2cccc(Cl)c2)N2CCOCC2)c(NC(=O)c2ccco2)s1. The van der Waals surface area contributed by atoms with Gasteiger partial charge in [0.2, 0.25) is 0 Å². The van der Waals surface area contributed by atoms with Gasteiger partial charge in [-0.25, -0.2) is 0 Å². The predicted molar refractivity (Wildman–Crippen MR) is 116 cm³/mol. The van der Waals surface area contributed by atoms with Crippen molar-refractivity contribution < 1.29 is 13.9 Å². The van der Waals surface area contributed by atoms with E-state index < -0.39 is 0 Å². The summed E-state index contributed by atoms with van der Waals surface area (Å²) in [6, 6.07) is 13.5. The fourth-order valence-corrected chi connectivity index (χ4v) is 4.83. The number of ether oxygens (including phenoxy) is 1. The van der Waals surface area contributed by atoms with Crippen LogP contribution in [0.1, 0.15) is 39.5 Å². The van der Waals surface area contributed by atoms with E-state index in [4.69, 9.17) is 20.8 Å². The Bertz CT molecular complexity index is 964. The van der Waals surface area contributed by atoms with E-state index in [0.29, 0.717) is 24.0 Å². The standard InChI is InChI=1S/C22H23ClN2O3S/c1-2-17-14-18(22(29-17)24-21(26)19-7-4-10-28-19)20(25-8-11-27-12-9-25)15-5-3-6-16(23)13-15/h3-7,10,13-14,20H,2,8-9,11-12H2,1H3,(H,24,26). The summed E-state index contributed by atoms with van der Waals surface area (Å²) in [5.74, 6) is 0.0562. The lowest BCUT2D eigenvalue weighted by Crippen LogP contribution is -2.39. The number of hydrogen-bond acceptors (Lipinski definition) is 5. The van der Waals surface area contributed by atoms with Crippen molar-refractivity contribution in [3.8, 4) is 0 Å². The summed E-state index contributed by atoms with van der Waals surface area (Å²) in [4.78, 5) is 16.3. The lowest BCUT2D eigenvalue weighted by Gasteiger charge is -2.35. The lowest BCUT2D eigenvalue weighted by atomic mass is 9.97. The quantitative estimate of drug-likeness (QED) is 0.581. The molecule has 0 radical (unpaired) electrons. The van der Waals surface area contributed by atoms with E-state index in [9.17, 15) is 4.79 Å². The topological polar surface area (TPSA) is 54.7 Å². The smallest absolute Gasteiger partial charge is 0.291 e. The maximum atomic E-state index is 12.7. The molecule has 1 aliphatic rings. The van der Waals surface area contributed by atoms with Crippen LogP contribution in [0.5, 0.6) is 0 Å². The maximum Gasteiger partial charge on any atom is 0.291 e. The minimum absolute atomic E-state index is 0.0129. The second-order valence-electron chi connectivity index (χ2n) is 6.89. The predicted octanol–water partition coefficient (Wildman–Crippen LogP) is 5.23. The second-order valence-corrected chi connectivity index (χ2v) is 8.46. The first kappa shape index (κ1) is 20.2. The van der Waals surface area contributed by atoms with Crippen molar-refractivity contribution in [1.82, 2.24) is 4.90 Å². The number of nitrogens with zero attached hydrogens (tertiary/aromatic N) is 1. The van der Waals surface area contributed by atoms with Gasteiger partial charge in [-0.2, -0.15) is 0 Å². The Balaban J connectivity index is 1.75. The molecule has 1 amide bonds. The van der Waals surface area contributed by atoms with Crippen LogP contribution in [0.2, 0.25) is 5.02 Å². The molecule has 3 aromatic rings. The van der Waals surface area contributed by atoms with E-state index in [-0.39, 0.29) is 11.9 Å². The number of amides is 1. The average molecular weight is 431 g/mol. The van der Waals surface area contributed by atoms with Crippen LogP contribution in [0.15, 0.2) is 53.1 Å². The fraction of sp³-hybridized carbons (Fsp3) is 0.318. The lowest BCUT2D eigenvalue weighted by molar-refractivity contribution is 0.0241. The molecule has 1 atom stereocenters. The van der Waals surface area contributed by atoms with Crippen LogP contribution in [-0.2, 0) is 11.2 Å². The van der Waals surface area contributed by atoms with E-state index in [2.05, 4.69) is 29.3 Å². The Morgan fingerprint density at radius 1 is 1.24 bits per heavy atom. The molecule has 29 heavy (non-hydrogen) atoms. The number of halogens is 1. The van der Waals surface area contributed by atoms with E-state index in [0.717, 1.165) is 35.6 Å². The van der Waals surface area contributed by atoms with Gasteiger partial charge in [0, 0.05) is 28.6 Å². The number of morpholine rings is 1. The molecule has 2 aromatic heterocycles.